The molecular weight excluding hydrogens is 292 g/mol. The number of benzene rings is 1. The molecule has 0 saturated carbocycles. The molecule has 6 nitrogen and oxygen atoms in total. The molecule has 23 heavy (non-hydrogen) atoms. The molecule has 0 spiro atoms. The van der Waals surface area contributed by atoms with Crippen molar-refractivity contribution in [2.75, 3.05) is 24.5 Å². The molecule has 2 aromatic rings. The van der Waals surface area contributed by atoms with Crippen molar-refractivity contribution in [3.8, 4) is 0 Å². The summed E-state index contributed by atoms with van der Waals surface area (Å²) >= 11 is 0. The molecule has 1 fully saturated rings. The van der Waals surface area contributed by atoms with Crippen molar-refractivity contribution in [2.45, 2.75) is 13.3 Å². The minimum absolute atomic E-state index is 0.0624. The van der Waals surface area contributed by atoms with Gasteiger partial charge in [0.2, 0.25) is 11.8 Å². The van der Waals surface area contributed by atoms with Gasteiger partial charge in [0, 0.05) is 37.4 Å². The Morgan fingerprint density at radius 1 is 1.17 bits per heavy atom. The monoisotopic (exact) mass is 310 g/mol. The fourth-order valence-corrected chi connectivity index (χ4v) is 2.57. The first-order valence-electron chi connectivity index (χ1n) is 7.53. The van der Waals surface area contributed by atoms with Crippen LogP contribution in [0.1, 0.15) is 11.3 Å². The van der Waals surface area contributed by atoms with Gasteiger partial charge in [0.25, 0.3) is 0 Å². The number of rotatable bonds is 3. The SMILES string of the molecule is Cc1ccc(N2CCN(C(=O)Cc3cnccn3)CC2=O)cc1. The van der Waals surface area contributed by atoms with Crippen LogP contribution < -0.4 is 4.90 Å². The van der Waals surface area contributed by atoms with E-state index < -0.39 is 0 Å². The van der Waals surface area contributed by atoms with Crippen LogP contribution >= 0.6 is 0 Å². The second kappa shape index (κ2) is 6.56. The molecule has 118 valence electrons. The Labute approximate surface area is 134 Å². The smallest absolute Gasteiger partial charge is 0.246 e. The third-order valence-corrected chi connectivity index (χ3v) is 3.87. The number of aromatic nitrogens is 2. The minimum atomic E-state index is -0.0950. The highest BCUT2D eigenvalue weighted by Gasteiger charge is 2.28. The highest BCUT2D eigenvalue weighted by molar-refractivity contribution is 5.98. The average Bonchev–Trinajstić information content (AvgIpc) is 2.57. The average molecular weight is 310 g/mol. The van der Waals surface area contributed by atoms with Gasteiger partial charge in [-0.15, -0.1) is 0 Å². The van der Waals surface area contributed by atoms with Crippen molar-refractivity contribution in [3.05, 3.63) is 54.1 Å². The quantitative estimate of drug-likeness (QED) is 0.854. The van der Waals surface area contributed by atoms with Crippen LogP contribution in [0.15, 0.2) is 42.9 Å². The number of carbonyl (C=O) groups excluding carboxylic acids is 2. The topological polar surface area (TPSA) is 66.4 Å². The molecule has 1 aliphatic rings. The molecule has 2 heterocycles. The number of carbonyl (C=O) groups is 2. The van der Waals surface area contributed by atoms with Gasteiger partial charge in [0.1, 0.15) is 6.54 Å². The zero-order valence-corrected chi connectivity index (χ0v) is 13.0. The number of anilines is 1. The molecule has 2 amide bonds. The van der Waals surface area contributed by atoms with Gasteiger partial charge in [-0.3, -0.25) is 19.6 Å². The molecule has 1 aromatic heterocycles. The van der Waals surface area contributed by atoms with E-state index in [0.29, 0.717) is 18.8 Å². The fraction of sp³-hybridized carbons (Fsp3) is 0.294. The second-order valence-electron chi connectivity index (χ2n) is 5.57. The van der Waals surface area contributed by atoms with Gasteiger partial charge in [-0.2, -0.15) is 0 Å². The van der Waals surface area contributed by atoms with E-state index in [0.717, 1.165) is 11.3 Å². The van der Waals surface area contributed by atoms with Crippen molar-refractivity contribution in [3.63, 3.8) is 0 Å². The maximum atomic E-state index is 12.4. The van der Waals surface area contributed by atoms with E-state index >= 15 is 0 Å². The van der Waals surface area contributed by atoms with E-state index in [1.54, 1.807) is 28.4 Å². The van der Waals surface area contributed by atoms with E-state index in [-0.39, 0.29) is 24.8 Å². The van der Waals surface area contributed by atoms with Crippen LogP contribution in [0.5, 0.6) is 0 Å². The van der Waals surface area contributed by atoms with Crippen LogP contribution in [0.25, 0.3) is 0 Å². The molecule has 0 radical (unpaired) electrons. The normalized spacial score (nSPS) is 14.9. The Morgan fingerprint density at radius 2 is 1.96 bits per heavy atom. The van der Waals surface area contributed by atoms with E-state index in [2.05, 4.69) is 9.97 Å². The molecule has 1 aromatic carbocycles. The number of aryl methyl sites for hydroxylation is 1. The van der Waals surface area contributed by atoms with Crippen LogP contribution in [0, 0.1) is 6.92 Å². The predicted octanol–water partition coefficient (Wildman–Crippen LogP) is 1.20. The Bertz CT molecular complexity index is 700. The summed E-state index contributed by atoms with van der Waals surface area (Å²) in [4.78, 5) is 36.0. The largest absolute Gasteiger partial charge is 0.331 e. The molecule has 0 N–H and O–H groups in total. The van der Waals surface area contributed by atoms with Crippen molar-refractivity contribution in [2.24, 2.45) is 0 Å². The van der Waals surface area contributed by atoms with E-state index in [1.165, 1.54) is 0 Å². The Hall–Kier alpha value is -2.76. The third-order valence-electron chi connectivity index (χ3n) is 3.87. The first kappa shape index (κ1) is 15.1. The van der Waals surface area contributed by atoms with E-state index in [1.807, 2.05) is 31.2 Å². The number of amides is 2. The molecule has 1 saturated heterocycles. The summed E-state index contributed by atoms with van der Waals surface area (Å²) in [6, 6.07) is 7.83. The molecule has 6 heteroatoms. The maximum absolute atomic E-state index is 12.4. The number of hydrogen-bond donors (Lipinski definition) is 0. The summed E-state index contributed by atoms with van der Waals surface area (Å²) in [7, 11) is 0. The molecular formula is C17H18N4O2. The number of hydrogen-bond acceptors (Lipinski definition) is 4. The second-order valence-corrected chi connectivity index (χ2v) is 5.57. The van der Waals surface area contributed by atoms with Crippen molar-refractivity contribution in [1.82, 2.24) is 14.9 Å². The van der Waals surface area contributed by atoms with Crippen LogP contribution in [-0.4, -0.2) is 46.3 Å². The summed E-state index contributed by atoms with van der Waals surface area (Å²) < 4.78 is 0. The first-order valence-corrected chi connectivity index (χ1v) is 7.53. The number of piperazine rings is 1. The van der Waals surface area contributed by atoms with Crippen molar-refractivity contribution < 1.29 is 9.59 Å². The Morgan fingerprint density at radius 3 is 2.61 bits per heavy atom. The van der Waals surface area contributed by atoms with Gasteiger partial charge in [0.15, 0.2) is 0 Å². The Balaban J connectivity index is 1.63. The van der Waals surface area contributed by atoms with Crippen LogP contribution in [0.4, 0.5) is 5.69 Å². The van der Waals surface area contributed by atoms with Crippen LogP contribution in [0.3, 0.4) is 0 Å². The lowest BCUT2D eigenvalue weighted by atomic mass is 10.2. The summed E-state index contributed by atoms with van der Waals surface area (Å²) in [5.74, 6) is -0.157. The molecule has 0 bridgehead atoms. The zero-order valence-electron chi connectivity index (χ0n) is 13.0. The van der Waals surface area contributed by atoms with Gasteiger partial charge in [-0.25, -0.2) is 0 Å². The van der Waals surface area contributed by atoms with E-state index in [9.17, 15) is 9.59 Å². The predicted molar refractivity (Wildman–Crippen MR) is 85.8 cm³/mol. The highest BCUT2D eigenvalue weighted by Crippen LogP contribution is 2.18. The minimum Gasteiger partial charge on any atom is -0.331 e. The highest BCUT2D eigenvalue weighted by atomic mass is 16.2. The lowest BCUT2D eigenvalue weighted by molar-refractivity contribution is -0.136. The van der Waals surface area contributed by atoms with Gasteiger partial charge in [0.05, 0.1) is 12.1 Å². The fourth-order valence-electron chi connectivity index (χ4n) is 2.57. The lowest BCUT2D eigenvalue weighted by Crippen LogP contribution is -2.52. The lowest BCUT2D eigenvalue weighted by Gasteiger charge is -2.34. The summed E-state index contributed by atoms with van der Waals surface area (Å²) in [5.41, 5.74) is 2.64. The van der Waals surface area contributed by atoms with Gasteiger partial charge >= 0.3 is 0 Å². The summed E-state index contributed by atoms with van der Waals surface area (Å²) in [5, 5.41) is 0. The zero-order chi connectivity index (χ0) is 16.2. The van der Waals surface area contributed by atoms with Gasteiger partial charge in [-0.1, -0.05) is 17.7 Å². The summed E-state index contributed by atoms with van der Waals surface area (Å²) in [6.45, 7) is 3.15. The third kappa shape index (κ3) is 3.53. The van der Waals surface area contributed by atoms with Crippen LogP contribution in [0.2, 0.25) is 0 Å². The van der Waals surface area contributed by atoms with Crippen LogP contribution in [-0.2, 0) is 16.0 Å². The summed E-state index contributed by atoms with van der Waals surface area (Å²) in [6.07, 6.45) is 4.87. The molecule has 0 aliphatic carbocycles. The first-order chi connectivity index (χ1) is 11.1. The van der Waals surface area contributed by atoms with Gasteiger partial charge < -0.3 is 9.80 Å². The maximum Gasteiger partial charge on any atom is 0.246 e. The Kier molecular flexibility index (Phi) is 4.32. The molecule has 0 atom stereocenters. The molecule has 1 aliphatic heterocycles. The molecule has 0 unspecified atom stereocenters. The van der Waals surface area contributed by atoms with Gasteiger partial charge in [-0.05, 0) is 19.1 Å². The van der Waals surface area contributed by atoms with Crippen molar-refractivity contribution >= 4 is 17.5 Å². The van der Waals surface area contributed by atoms with E-state index in [4.69, 9.17) is 0 Å². The molecule has 3 rings (SSSR count). The number of nitrogens with zero attached hydrogens (tertiary/aromatic N) is 4. The standard InChI is InChI=1S/C17H18N4O2/c1-13-2-4-15(5-3-13)21-9-8-20(12-17(21)23)16(22)10-14-11-18-6-7-19-14/h2-7,11H,8-10,12H2,1H3. The van der Waals surface area contributed by atoms with Crippen molar-refractivity contribution in [1.29, 1.82) is 0 Å².